The molecule has 1 N–H and O–H groups in total. The Morgan fingerprint density at radius 2 is 2.00 bits per heavy atom. The number of rotatable bonds is 4. The average molecular weight is 384 g/mol. The summed E-state index contributed by atoms with van der Waals surface area (Å²) in [4.78, 5) is 14.9. The number of ether oxygens (including phenoxy) is 2. The second-order valence-electron chi connectivity index (χ2n) is 7.60. The maximum absolute atomic E-state index is 12.7. The Kier molecular flexibility index (Phi) is 5.26. The second-order valence-corrected chi connectivity index (χ2v) is 7.60. The monoisotopic (exact) mass is 384 g/mol. The molecule has 1 amide bonds. The van der Waals surface area contributed by atoms with Crippen molar-refractivity contribution in [2.24, 2.45) is 7.05 Å². The van der Waals surface area contributed by atoms with Crippen LogP contribution in [0.1, 0.15) is 42.3 Å². The molecule has 1 saturated heterocycles. The van der Waals surface area contributed by atoms with Crippen LogP contribution < -0.4 is 14.8 Å². The van der Waals surface area contributed by atoms with E-state index < -0.39 is 0 Å². The lowest BCUT2D eigenvalue weighted by molar-refractivity contribution is -0.117. The number of nitrogens with zero attached hydrogens (tertiary/aromatic N) is 3. The van der Waals surface area contributed by atoms with Crippen LogP contribution in [0.4, 0.5) is 5.69 Å². The smallest absolute Gasteiger partial charge is 0.238 e. The summed E-state index contributed by atoms with van der Waals surface area (Å²) in [5.74, 6) is 1.62. The third-order valence-electron chi connectivity index (χ3n) is 5.64. The maximum Gasteiger partial charge on any atom is 0.238 e. The third-order valence-corrected chi connectivity index (χ3v) is 5.64. The molecule has 0 unspecified atom stereocenters. The Morgan fingerprint density at radius 1 is 1.21 bits per heavy atom. The molecule has 2 aromatic rings. The van der Waals surface area contributed by atoms with E-state index in [4.69, 9.17) is 9.47 Å². The van der Waals surface area contributed by atoms with Crippen molar-refractivity contribution < 1.29 is 14.3 Å². The number of carbonyl (C=O) groups excluding carboxylic acids is 1. The van der Waals surface area contributed by atoms with Crippen LogP contribution >= 0.6 is 0 Å². The molecule has 150 valence electrons. The first-order valence-corrected chi connectivity index (χ1v) is 9.96. The predicted molar refractivity (Wildman–Crippen MR) is 107 cm³/mol. The Hall–Kier alpha value is -2.54. The fourth-order valence-electron chi connectivity index (χ4n) is 4.10. The largest absolute Gasteiger partial charge is 0.490 e. The first-order chi connectivity index (χ1) is 13.5. The highest BCUT2D eigenvalue weighted by molar-refractivity contribution is 5.93. The van der Waals surface area contributed by atoms with Gasteiger partial charge in [-0.3, -0.25) is 14.4 Å². The van der Waals surface area contributed by atoms with Gasteiger partial charge in [-0.05, 0) is 50.9 Å². The summed E-state index contributed by atoms with van der Waals surface area (Å²) in [7, 11) is 1.89. The molecule has 0 aliphatic carbocycles. The minimum absolute atomic E-state index is 0.000410. The van der Waals surface area contributed by atoms with Crippen molar-refractivity contribution in [3.8, 4) is 11.5 Å². The molecule has 0 radical (unpaired) electrons. The molecule has 1 aromatic carbocycles. The lowest BCUT2D eigenvalue weighted by atomic mass is 10.0. The highest BCUT2D eigenvalue weighted by Crippen LogP contribution is 2.37. The molecule has 0 saturated carbocycles. The van der Waals surface area contributed by atoms with E-state index >= 15 is 0 Å². The number of fused-ring (bicyclic) bond motifs is 1. The van der Waals surface area contributed by atoms with Crippen LogP contribution in [0.2, 0.25) is 0 Å². The summed E-state index contributed by atoms with van der Waals surface area (Å²) in [6.45, 7) is 6.53. The Morgan fingerprint density at radius 3 is 2.75 bits per heavy atom. The van der Waals surface area contributed by atoms with E-state index in [9.17, 15) is 4.79 Å². The lowest BCUT2D eigenvalue weighted by Gasteiger charge is -2.25. The summed E-state index contributed by atoms with van der Waals surface area (Å²) in [6, 6.07) is 6.40. The Balaban J connectivity index is 1.46. The number of benzene rings is 1. The van der Waals surface area contributed by atoms with E-state index in [0.29, 0.717) is 19.8 Å². The van der Waals surface area contributed by atoms with Crippen molar-refractivity contribution in [1.29, 1.82) is 0 Å². The standard InChI is InChI=1S/C21H28N4O3/c1-14-21(15(2)24(3)23-14)22-20(26)13-25-9-4-6-17(25)16-7-8-18-19(12-16)28-11-5-10-27-18/h7-8,12,17H,4-6,9-11,13H2,1-3H3,(H,22,26)/t17-/m1/s1. The number of hydrogen-bond donors (Lipinski definition) is 1. The molecule has 4 rings (SSSR count). The van der Waals surface area contributed by atoms with E-state index in [0.717, 1.165) is 54.4 Å². The maximum atomic E-state index is 12.7. The highest BCUT2D eigenvalue weighted by atomic mass is 16.5. The first-order valence-electron chi connectivity index (χ1n) is 9.96. The molecule has 1 atom stereocenters. The number of hydrogen-bond acceptors (Lipinski definition) is 5. The molecule has 1 fully saturated rings. The molecule has 1 aromatic heterocycles. The van der Waals surface area contributed by atoms with Crippen LogP contribution in [-0.4, -0.2) is 46.9 Å². The fraction of sp³-hybridized carbons (Fsp3) is 0.524. The van der Waals surface area contributed by atoms with Gasteiger partial charge in [0.15, 0.2) is 11.5 Å². The summed E-state index contributed by atoms with van der Waals surface area (Å²) >= 11 is 0. The minimum Gasteiger partial charge on any atom is -0.490 e. The Bertz CT molecular complexity index is 877. The van der Waals surface area contributed by atoms with Gasteiger partial charge >= 0.3 is 0 Å². The molecule has 0 bridgehead atoms. The molecule has 7 nitrogen and oxygen atoms in total. The van der Waals surface area contributed by atoms with E-state index in [1.54, 1.807) is 4.68 Å². The lowest BCUT2D eigenvalue weighted by Crippen LogP contribution is -2.33. The number of anilines is 1. The number of amides is 1. The number of aromatic nitrogens is 2. The zero-order valence-electron chi connectivity index (χ0n) is 16.8. The van der Waals surface area contributed by atoms with Gasteiger partial charge in [0.2, 0.25) is 5.91 Å². The van der Waals surface area contributed by atoms with E-state index in [1.807, 2.05) is 27.0 Å². The van der Waals surface area contributed by atoms with Gasteiger partial charge in [-0.25, -0.2) is 0 Å². The molecule has 2 aliphatic rings. The normalized spacial score (nSPS) is 19.5. The van der Waals surface area contributed by atoms with Gasteiger partial charge in [-0.2, -0.15) is 5.10 Å². The SMILES string of the molecule is Cc1nn(C)c(C)c1NC(=O)CN1CCC[C@@H]1c1ccc2c(c1)OCCCO2. The quantitative estimate of drug-likeness (QED) is 0.878. The summed E-state index contributed by atoms with van der Waals surface area (Å²) < 4.78 is 13.4. The van der Waals surface area contributed by atoms with Gasteiger partial charge in [0.25, 0.3) is 0 Å². The highest BCUT2D eigenvalue weighted by Gasteiger charge is 2.29. The molecule has 0 spiro atoms. The van der Waals surface area contributed by atoms with Crippen molar-refractivity contribution >= 4 is 11.6 Å². The van der Waals surface area contributed by atoms with Crippen LogP contribution in [0.3, 0.4) is 0 Å². The van der Waals surface area contributed by atoms with Gasteiger partial charge in [-0.15, -0.1) is 0 Å². The van der Waals surface area contributed by atoms with Crippen LogP contribution in [0.15, 0.2) is 18.2 Å². The third kappa shape index (κ3) is 3.71. The summed E-state index contributed by atoms with van der Waals surface area (Å²) in [5, 5.41) is 7.42. The number of nitrogens with one attached hydrogen (secondary N) is 1. The summed E-state index contributed by atoms with van der Waals surface area (Å²) in [6.07, 6.45) is 3.02. The number of carbonyl (C=O) groups is 1. The predicted octanol–water partition coefficient (Wildman–Crippen LogP) is 2.97. The van der Waals surface area contributed by atoms with Crippen molar-refractivity contribution in [2.75, 3.05) is 31.6 Å². The molecule has 2 aliphatic heterocycles. The van der Waals surface area contributed by atoms with Gasteiger partial charge in [-0.1, -0.05) is 6.07 Å². The number of aryl methyl sites for hydroxylation is 2. The van der Waals surface area contributed by atoms with Crippen molar-refractivity contribution in [2.45, 2.75) is 39.2 Å². The van der Waals surface area contributed by atoms with Crippen molar-refractivity contribution in [3.63, 3.8) is 0 Å². The van der Waals surface area contributed by atoms with Crippen LogP contribution in [0, 0.1) is 13.8 Å². The van der Waals surface area contributed by atoms with Gasteiger partial charge in [0.1, 0.15) is 0 Å². The minimum atomic E-state index is 0.000410. The van der Waals surface area contributed by atoms with Crippen LogP contribution in [0.25, 0.3) is 0 Å². The zero-order chi connectivity index (χ0) is 19.7. The second kappa shape index (κ2) is 7.83. The van der Waals surface area contributed by atoms with E-state index in [-0.39, 0.29) is 11.9 Å². The zero-order valence-corrected chi connectivity index (χ0v) is 16.8. The van der Waals surface area contributed by atoms with Crippen molar-refractivity contribution in [1.82, 2.24) is 14.7 Å². The van der Waals surface area contributed by atoms with Gasteiger partial charge < -0.3 is 14.8 Å². The topological polar surface area (TPSA) is 68.6 Å². The van der Waals surface area contributed by atoms with E-state index in [1.165, 1.54) is 5.56 Å². The van der Waals surface area contributed by atoms with Gasteiger partial charge in [0, 0.05) is 19.5 Å². The fourth-order valence-corrected chi connectivity index (χ4v) is 4.10. The van der Waals surface area contributed by atoms with Gasteiger partial charge in [0.05, 0.1) is 36.8 Å². The molecule has 7 heteroatoms. The van der Waals surface area contributed by atoms with Crippen molar-refractivity contribution in [3.05, 3.63) is 35.2 Å². The Labute approximate surface area is 165 Å². The average Bonchev–Trinajstić information content (AvgIpc) is 3.11. The molecule has 28 heavy (non-hydrogen) atoms. The molecular formula is C21H28N4O3. The van der Waals surface area contributed by atoms with E-state index in [2.05, 4.69) is 27.4 Å². The number of likely N-dealkylation sites (tertiary alicyclic amines) is 1. The first kappa shape index (κ1) is 18.8. The summed E-state index contributed by atoms with van der Waals surface area (Å²) in [5.41, 5.74) is 3.81. The van der Waals surface area contributed by atoms with Crippen LogP contribution in [0.5, 0.6) is 11.5 Å². The molecular weight excluding hydrogens is 356 g/mol. The van der Waals surface area contributed by atoms with Crippen LogP contribution in [-0.2, 0) is 11.8 Å². The molecule has 3 heterocycles.